The van der Waals surface area contributed by atoms with E-state index >= 15 is 0 Å². The summed E-state index contributed by atoms with van der Waals surface area (Å²) in [7, 11) is 0. The number of carbonyl (C=O) groups excluding carboxylic acids is 1. The average molecular weight is 375 g/mol. The van der Waals surface area contributed by atoms with Crippen molar-refractivity contribution in [2.75, 3.05) is 5.32 Å². The smallest absolute Gasteiger partial charge is 0.255 e. The maximum absolute atomic E-state index is 12.5. The van der Waals surface area contributed by atoms with Gasteiger partial charge in [0.1, 0.15) is 17.4 Å². The topological polar surface area (TPSA) is 64.1 Å². The Morgan fingerprint density at radius 3 is 2.78 bits per heavy atom. The highest BCUT2D eigenvalue weighted by Gasteiger charge is 2.08. The van der Waals surface area contributed by atoms with Gasteiger partial charge in [-0.05, 0) is 55.5 Å². The summed E-state index contributed by atoms with van der Waals surface area (Å²) in [6.07, 6.45) is 1.75. The Morgan fingerprint density at radius 1 is 1.15 bits per heavy atom. The van der Waals surface area contributed by atoms with Gasteiger partial charge in [-0.25, -0.2) is 4.98 Å². The van der Waals surface area contributed by atoms with Gasteiger partial charge in [-0.1, -0.05) is 6.07 Å². The monoisotopic (exact) mass is 375 g/mol. The first kappa shape index (κ1) is 17.2. The number of thiazole rings is 1. The predicted octanol–water partition coefficient (Wildman–Crippen LogP) is 4.83. The molecule has 5 nitrogen and oxygen atoms in total. The molecule has 0 radical (unpaired) electrons. The third-order valence-electron chi connectivity index (χ3n) is 4.01. The number of pyridine rings is 1. The van der Waals surface area contributed by atoms with Gasteiger partial charge in [0.15, 0.2) is 0 Å². The zero-order valence-electron chi connectivity index (χ0n) is 14.7. The lowest BCUT2D eigenvalue weighted by Crippen LogP contribution is -2.11. The SMILES string of the molecule is Cc1csc(COc2ccc(C(=O)Nc3ccc4ncccc4c3)cc2)n1. The van der Waals surface area contributed by atoms with Crippen molar-refractivity contribution in [3.05, 3.63) is 82.4 Å². The Bertz CT molecular complexity index is 1090. The molecule has 0 unspecified atom stereocenters. The first-order chi connectivity index (χ1) is 13.2. The Morgan fingerprint density at radius 2 is 2.00 bits per heavy atom. The molecule has 4 aromatic rings. The molecule has 0 aliphatic rings. The molecule has 0 aliphatic heterocycles. The highest BCUT2D eigenvalue weighted by atomic mass is 32.1. The second kappa shape index (κ2) is 7.55. The maximum Gasteiger partial charge on any atom is 0.255 e. The molecule has 27 heavy (non-hydrogen) atoms. The molecule has 2 aromatic heterocycles. The van der Waals surface area contributed by atoms with Crippen LogP contribution < -0.4 is 10.1 Å². The van der Waals surface area contributed by atoms with Gasteiger partial charge >= 0.3 is 0 Å². The molecule has 1 N–H and O–H groups in total. The molecule has 0 saturated carbocycles. The summed E-state index contributed by atoms with van der Waals surface area (Å²) in [4.78, 5) is 21.1. The van der Waals surface area contributed by atoms with Gasteiger partial charge in [0.05, 0.1) is 5.52 Å². The van der Waals surface area contributed by atoms with Gasteiger partial charge in [0, 0.05) is 33.9 Å². The molecule has 2 aromatic carbocycles. The lowest BCUT2D eigenvalue weighted by molar-refractivity contribution is 0.102. The molecule has 0 fully saturated rings. The van der Waals surface area contributed by atoms with Gasteiger partial charge in [-0.15, -0.1) is 11.3 Å². The van der Waals surface area contributed by atoms with Gasteiger partial charge < -0.3 is 10.1 Å². The number of aryl methyl sites for hydroxylation is 1. The molecular weight excluding hydrogens is 358 g/mol. The fraction of sp³-hybridized carbons (Fsp3) is 0.0952. The second-order valence-electron chi connectivity index (χ2n) is 6.06. The van der Waals surface area contributed by atoms with Gasteiger partial charge in [-0.3, -0.25) is 9.78 Å². The van der Waals surface area contributed by atoms with E-state index in [-0.39, 0.29) is 5.91 Å². The Kier molecular flexibility index (Phi) is 4.80. The predicted molar refractivity (Wildman–Crippen MR) is 107 cm³/mol. The largest absolute Gasteiger partial charge is 0.486 e. The van der Waals surface area contributed by atoms with Crippen molar-refractivity contribution in [1.29, 1.82) is 0 Å². The van der Waals surface area contributed by atoms with Crippen LogP contribution in [-0.4, -0.2) is 15.9 Å². The van der Waals surface area contributed by atoms with Crippen LogP contribution in [0.25, 0.3) is 10.9 Å². The van der Waals surface area contributed by atoms with E-state index in [1.54, 1.807) is 41.8 Å². The average Bonchev–Trinajstić information content (AvgIpc) is 3.12. The van der Waals surface area contributed by atoms with Crippen molar-refractivity contribution in [3.8, 4) is 5.75 Å². The number of aromatic nitrogens is 2. The summed E-state index contributed by atoms with van der Waals surface area (Å²) in [5.74, 6) is 0.538. The third kappa shape index (κ3) is 4.12. The normalized spacial score (nSPS) is 10.7. The molecule has 6 heteroatoms. The summed E-state index contributed by atoms with van der Waals surface area (Å²) in [5.41, 5.74) is 3.20. The summed E-state index contributed by atoms with van der Waals surface area (Å²) in [6.45, 7) is 2.38. The van der Waals surface area contributed by atoms with Crippen molar-refractivity contribution < 1.29 is 9.53 Å². The van der Waals surface area contributed by atoms with Crippen LogP contribution in [0.2, 0.25) is 0 Å². The van der Waals surface area contributed by atoms with E-state index in [4.69, 9.17) is 4.74 Å². The number of ether oxygens (including phenoxy) is 1. The van der Waals surface area contributed by atoms with Crippen molar-refractivity contribution in [2.24, 2.45) is 0 Å². The fourth-order valence-electron chi connectivity index (χ4n) is 2.67. The fourth-order valence-corrected chi connectivity index (χ4v) is 3.36. The van der Waals surface area contributed by atoms with Crippen LogP contribution in [0.1, 0.15) is 21.1 Å². The number of fused-ring (bicyclic) bond motifs is 1. The van der Waals surface area contributed by atoms with Crippen LogP contribution in [0.15, 0.2) is 66.2 Å². The molecule has 1 amide bonds. The number of carbonyl (C=O) groups is 1. The third-order valence-corrected chi connectivity index (χ3v) is 4.95. The molecule has 0 saturated heterocycles. The highest BCUT2D eigenvalue weighted by Crippen LogP contribution is 2.19. The van der Waals surface area contributed by atoms with Crippen molar-refractivity contribution in [2.45, 2.75) is 13.5 Å². The minimum Gasteiger partial charge on any atom is -0.486 e. The molecular formula is C21H17N3O2S. The summed E-state index contributed by atoms with van der Waals surface area (Å²) >= 11 is 1.57. The summed E-state index contributed by atoms with van der Waals surface area (Å²) in [6, 6.07) is 16.6. The molecule has 0 aliphatic carbocycles. The standard InChI is InChI=1S/C21H17N3O2S/c1-14-13-27-20(23-14)12-26-18-7-4-15(5-8-18)21(25)24-17-6-9-19-16(11-17)3-2-10-22-19/h2-11,13H,12H2,1H3,(H,24,25). The maximum atomic E-state index is 12.5. The van der Waals surface area contributed by atoms with Crippen LogP contribution in [0.3, 0.4) is 0 Å². The Hall–Kier alpha value is -3.25. The number of rotatable bonds is 5. The highest BCUT2D eigenvalue weighted by molar-refractivity contribution is 7.09. The van der Waals surface area contributed by atoms with Crippen LogP contribution in [0.4, 0.5) is 5.69 Å². The number of benzene rings is 2. The zero-order valence-corrected chi connectivity index (χ0v) is 15.5. The Balaban J connectivity index is 1.40. The number of amides is 1. The molecule has 0 bridgehead atoms. The van der Waals surface area contributed by atoms with Crippen LogP contribution in [0, 0.1) is 6.92 Å². The minimum absolute atomic E-state index is 0.166. The number of hydrogen-bond acceptors (Lipinski definition) is 5. The number of nitrogens with one attached hydrogen (secondary N) is 1. The Labute approximate surface area is 160 Å². The van der Waals surface area contributed by atoms with Gasteiger partial charge in [-0.2, -0.15) is 0 Å². The van der Waals surface area contributed by atoms with Crippen LogP contribution >= 0.6 is 11.3 Å². The summed E-state index contributed by atoms with van der Waals surface area (Å²) in [5, 5.41) is 6.82. The molecule has 2 heterocycles. The van der Waals surface area contributed by atoms with E-state index in [0.29, 0.717) is 17.9 Å². The van der Waals surface area contributed by atoms with E-state index in [2.05, 4.69) is 15.3 Å². The molecule has 0 atom stereocenters. The summed E-state index contributed by atoms with van der Waals surface area (Å²) < 4.78 is 5.72. The second-order valence-corrected chi connectivity index (χ2v) is 7.00. The van der Waals surface area contributed by atoms with Crippen molar-refractivity contribution in [3.63, 3.8) is 0 Å². The number of anilines is 1. The first-order valence-corrected chi connectivity index (χ1v) is 9.35. The van der Waals surface area contributed by atoms with E-state index in [1.165, 1.54) is 0 Å². The molecule has 0 spiro atoms. The van der Waals surface area contributed by atoms with E-state index in [1.807, 2.05) is 42.6 Å². The van der Waals surface area contributed by atoms with Crippen LogP contribution in [0.5, 0.6) is 5.75 Å². The quantitative estimate of drug-likeness (QED) is 0.543. The van der Waals surface area contributed by atoms with Crippen LogP contribution in [-0.2, 0) is 6.61 Å². The van der Waals surface area contributed by atoms with E-state index in [0.717, 1.165) is 27.3 Å². The number of nitrogens with zero attached hydrogens (tertiary/aromatic N) is 2. The van der Waals surface area contributed by atoms with Crippen molar-refractivity contribution in [1.82, 2.24) is 9.97 Å². The number of hydrogen-bond donors (Lipinski definition) is 1. The minimum atomic E-state index is -0.166. The van der Waals surface area contributed by atoms with E-state index in [9.17, 15) is 4.79 Å². The van der Waals surface area contributed by atoms with Gasteiger partial charge in [0.25, 0.3) is 5.91 Å². The van der Waals surface area contributed by atoms with E-state index < -0.39 is 0 Å². The first-order valence-electron chi connectivity index (χ1n) is 8.47. The molecule has 134 valence electrons. The van der Waals surface area contributed by atoms with Crippen molar-refractivity contribution >= 4 is 33.8 Å². The van der Waals surface area contributed by atoms with Gasteiger partial charge in [0.2, 0.25) is 0 Å². The lowest BCUT2D eigenvalue weighted by Gasteiger charge is -2.08. The molecule has 4 rings (SSSR count). The lowest BCUT2D eigenvalue weighted by atomic mass is 10.1. The zero-order chi connectivity index (χ0) is 18.6.